The van der Waals surface area contributed by atoms with Crippen molar-refractivity contribution in [1.29, 1.82) is 0 Å². The van der Waals surface area contributed by atoms with Gasteiger partial charge in [-0.05, 0) is 0 Å². The second-order valence-corrected chi connectivity index (χ2v) is 2.99. The van der Waals surface area contributed by atoms with Crippen LogP contribution in [-0.2, 0) is 9.53 Å². The van der Waals surface area contributed by atoms with Crippen LogP contribution < -0.4 is 22.1 Å². The maximum absolute atomic E-state index is 11.0. The molecule has 0 saturated carbocycles. The predicted molar refractivity (Wildman–Crippen MR) is 56.9 cm³/mol. The number of carbonyl (C=O) groups is 2. The summed E-state index contributed by atoms with van der Waals surface area (Å²) in [6, 6.07) is -1.37. The lowest BCUT2D eigenvalue weighted by Gasteiger charge is -2.09. The quantitative estimate of drug-likeness (QED) is 0.298. The molecule has 0 unspecified atom stereocenters. The highest BCUT2D eigenvalue weighted by Gasteiger charge is 2.10. The summed E-state index contributed by atoms with van der Waals surface area (Å²) in [6.07, 6.45) is 0. The Kier molecular flexibility index (Phi) is 8.12. The van der Waals surface area contributed by atoms with Crippen molar-refractivity contribution >= 4 is 12.0 Å². The number of aliphatic carboxylic acids is 1. The number of carbonyl (C=O) groups excluding carboxylic acids is 1. The van der Waals surface area contributed by atoms with Gasteiger partial charge in [-0.2, -0.15) is 0 Å². The molecule has 0 saturated heterocycles. The first-order chi connectivity index (χ1) is 7.57. The molecule has 0 bridgehead atoms. The highest BCUT2D eigenvalue weighted by atomic mass is 16.5. The van der Waals surface area contributed by atoms with Crippen molar-refractivity contribution in [1.82, 2.24) is 10.6 Å². The number of rotatable bonds is 8. The zero-order valence-corrected chi connectivity index (χ0v) is 8.94. The van der Waals surface area contributed by atoms with E-state index in [9.17, 15) is 9.59 Å². The van der Waals surface area contributed by atoms with Crippen LogP contribution in [0, 0.1) is 0 Å². The molecular weight excluding hydrogens is 216 g/mol. The van der Waals surface area contributed by atoms with Crippen LogP contribution in [0.1, 0.15) is 0 Å². The van der Waals surface area contributed by atoms with Gasteiger partial charge in [0.15, 0.2) is 0 Å². The van der Waals surface area contributed by atoms with Crippen molar-refractivity contribution in [3.8, 4) is 0 Å². The number of nitrogens with one attached hydrogen (secondary N) is 2. The molecule has 8 heteroatoms. The molecule has 0 aromatic heterocycles. The fourth-order valence-corrected chi connectivity index (χ4v) is 0.767. The number of hydrogen-bond acceptors (Lipinski definition) is 5. The smallest absolute Gasteiger partial charge is 0.322 e. The molecule has 0 aliphatic rings. The van der Waals surface area contributed by atoms with Gasteiger partial charge in [0.05, 0.1) is 13.2 Å². The van der Waals surface area contributed by atoms with E-state index in [4.69, 9.17) is 21.3 Å². The van der Waals surface area contributed by atoms with Crippen LogP contribution in [0.5, 0.6) is 0 Å². The van der Waals surface area contributed by atoms with Crippen LogP contribution in [0.15, 0.2) is 0 Å². The SMILES string of the molecule is NCCNC(=O)NCCOC[C@H](N)C(=O)O. The zero-order chi connectivity index (χ0) is 12.4. The van der Waals surface area contributed by atoms with Gasteiger partial charge in [0, 0.05) is 19.6 Å². The minimum atomic E-state index is -1.12. The molecule has 7 N–H and O–H groups in total. The van der Waals surface area contributed by atoms with E-state index in [0.717, 1.165) is 0 Å². The summed E-state index contributed by atoms with van der Waals surface area (Å²) in [5.41, 5.74) is 10.4. The van der Waals surface area contributed by atoms with Gasteiger partial charge in [-0.15, -0.1) is 0 Å². The monoisotopic (exact) mass is 234 g/mol. The van der Waals surface area contributed by atoms with Crippen molar-refractivity contribution in [3.05, 3.63) is 0 Å². The molecular formula is C8H18N4O4. The van der Waals surface area contributed by atoms with Gasteiger partial charge in [0.2, 0.25) is 0 Å². The van der Waals surface area contributed by atoms with Crippen molar-refractivity contribution in [2.24, 2.45) is 11.5 Å². The summed E-state index contributed by atoms with van der Waals surface area (Å²) >= 11 is 0. The highest BCUT2D eigenvalue weighted by molar-refractivity contribution is 5.73. The fraction of sp³-hybridized carbons (Fsp3) is 0.750. The van der Waals surface area contributed by atoms with Gasteiger partial charge in [0.25, 0.3) is 0 Å². The first-order valence-corrected chi connectivity index (χ1v) is 4.85. The summed E-state index contributed by atoms with van der Waals surface area (Å²) < 4.78 is 4.94. The van der Waals surface area contributed by atoms with E-state index in [1.54, 1.807) is 0 Å². The van der Waals surface area contributed by atoms with Crippen LogP contribution in [0.3, 0.4) is 0 Å². The maximum Gasteiger partial charge on any atom is 0.322 e. The van der Waals surface area contributed by atoms with E-state index < -0.39 is 12.0 Å². The largest absolute Gasteiger partial charge is 0.480 e. The lowest BCUT2D eigenvalue weighted by molar-refractivity contribution is -0.139. The van der Waals surface area contributed by atoms with Gasteiger partial charge in [-0.1, -0.05) is 0 Å². The number of ether oxygens (including phenoxy) is 1. The molecule has 0 spiro atoms. The summed E-state index contributed by atoms with van der Waals surface area (Å²) in [6.45, 7) is 1.18. The Morgan fingerprint density at radius 3 is 2.50 bits per heavy atom. The Morgan fingerprint density at radius 2 is 1.94 bits per heavy atom. The lowest BCUT2D eigenvalue weighted by Crippen LogP contribution is -2.40. The zero-order valence-electron chi connectivity index (χ0n) is 8.94. The third-order valence-electron chi connectivity index (χ3n) is 1.58. The third kappa shape index (κ3) is 7.97. The van der Waals surface area contributed by atoms with E-state index >= 15 is 0 Å². The Labute approximate surface area is 93.3 Å². The van der Waals surface area contributed by atoms with Gasteiger partial charge < -0.3 is 31.9 Å². The van der Waals surface area contributed by atoms with Gasteiger partial charge >= 0.3 is 12.0 Å². The Hall–Kier alpha value is -1.38. The van der Waals surface area contributed by atoms with Crippen LogP contribution in [0.25, 0.3) is 0 Å². The Morgan fingerprint density at radius 1 is 1.31 bits per heavy atom. The molecule has 0 radical (unpaired) electrons. The normalized spacial score (nSPS) is 11.9. The molecule has 0 aromatic carbocycles. The fourth-order valence-electron chi connectivity index (χ4n) is 0.767. The summed E-state index contributed by atoms with van der Waals surface area (Å²) in [7, 11) is 0. The van der Waals surface area contributed by atoms with Gasteiger partial charge in [-0.3, -0.25) is 4.79 Å². The van der Waals surface area contributed by atoms with Crippen molar-refractivity contribution in [2.75, 3.05) is 32.8 Å². The molecule has 0 aliphatic heterocycles. The Balaban J connectivity index is 3.33. The van der Waals surface area contributed by atoms with E-state index in [0.29, 0.717) is 13.1 Å². The summed E-state index contributed by atoms with van der Waals surface area (Å²) in [4.78, 5) is 21.2. The molecule has 16 heavy (non-hydrogen) atoms. The molecule has 0 rings (SSSR count). The third-order valence-corrected chi connectivity index (χ3v) is 1.58. The van der Waals surface area contributed by atoms with Crippen molar-refractivity contribution < 1.29 is 19.4 Å². The number of carboxylic acid groups (broad SMARTS) is 1. The van der Waals surface area contributed by atoms with Crippen LogP contribution in [-0.4, -0.2) is 56.0 Å². The molecule has 0 fully saturated rings. The van der Waals surface area contributed by atoms with Crippen LogP contribution >= 0.6 is 0 Å². The van der Waals surface area contributed by atoms with Crippen LogP contribution in [0.2, 0.25) is 0 Å². The first-order valence-electron chi connectivity index (χ1n) is 4.85. The van der Waals surface area contributed by atoms with Crippen LogP contribution in [0.4, 0.5) is 4.79 Å². The minimum absolute atomic E-state index is 0.0819. The van der Waals surface area contributed by atoms with Gasteiger partial charge in [-0.25, -0.2) is 4.79 Å². The average Bonchev–Trinajstić information content (AvgIpc) is 2.25. The standard InChI is InChI=1S/C8H18N4O4/c9-1-2-11-8(15)12-3-4-16-5-6(10)7(13)14/h6H,1-5,9-10H2,(H,13,14)(H2,11,12,15)/t6-/m0/s1. The second-order valence-electron chi connectivity index (χ2n) is 2.99. The lowest BCUT2D eigenvalue weighted by atomic mass is 10.3. The number of hydrogen-bond donors (Lipinski definition) is 5. The van der Waals surface area contributed by atoms with Crippen molar-refractivity contribution in [2.45, 2.75) is 6.04 Å². The molecule has 94 valence electrons. The van der Waals surface area contributed by atoms with E-state index in [1.165, 1.54) is 0 Å². The minimum Gasteiger partial charge on any atom is -0.480 e. The second kappa shape index (κ2) is 8.89. The molecule has 1 atom stereocenters. The Bertz CT molecular complexity index is 224. The molecule has 0 aliphatic carbocycles. The molecule has 2 amide bonds. The number of nitrogens with two attached hydrogens (primary N) is 2. The summed E-state index contributed by atoms with van der Waals surface area (Å²) in [5.74, 6) is -1.12. The highest BCUT2D eigenvalue weighted by Crippen LogP contribution is 1.81. The molecule has 8 nitrogen and oxygen atoms in total. The summed E-state index contributed by atoms with van der Waals surface area (Å²) in [5, 5.41) is 13.4. The number of urea groups is 1. The van der Waals surface area contributed by atoms with E-state index in [2.05, 4.69) is 10.6 Å². The maximum atomic E-state index is 11.0. The van der Waals surface area contributed by atoms with E-state index in [-0.39, 0.29) is 25.8 Å². The molecule has 0 aromatic rings. The number of carboxylic acids is 1. The topological polar surface area (TPSA) is 140 Å². The predicted octanol–water partition coefficient (Wildman–Crippen LogP) is -2.33. The first kappa shape index (κ1) is 14.6. The number of amides is 2. The van der Waals surface area contributed by atoms with Gasteiger partial charge in [0.1, 0.15) is 6.04 Å². The molecule has 0 heterocycles. The van der Waals surface area contributed by atoms with E-state index in [1.807, 2.05) is 0 Å². The van der Waals surface area contributed by atoms with Crippen molar-refractivity contribution in [3.63, 3.8) is 0 Å². The average molecular weight is 234 g/mol.